The maximum absolute atomic E-state index is 12.3. The van der Waals surface area contributed by atoms with E-state index < -0.39 is 17.9 Å². The highest BCUT2D eigenvalue weighted by molar-refractivity contribution is 6.36. The summed E-state index contributed by atoms with van der Waals surface area (Å²) in [5.41, 5.74) is 0.837. The number of hydrogen-bond donors (Lipinski definition) is 1. The molecule has 2 aromatic carbocycles. The number of hydrogen-bond acceptors (Lipinski definition) is 5. The molecule has 0 aliphatic carbocycles. The lowest BCUT2D eigenvalue weighted by atomic mass is 10.2. The van der Waals surface area contributed by atoms with Crippen molar-refractivity contribution in [3.63, 3.8) is 0 Å². The van der Waals surface area contributed by atoms with Gasteiger partial charge in [0.05, 0.1) is 13.3 Å². The summed E-state index contributed by atoms with van der Waals surface area (Å²) < 4.78 is 4.66. The monoisotopic (exact) mass is 428 g/mol. The summed E-state index contributed by atoms with van der Waals surface area (Å²) in [6, 6.07) is 10.2. The Morgan fingerprint density at radius 1 is 1.15 bits per heavy atom. The van der Waals surface area contributed by atoms with Crippen LogP contribution in [-0.2, 0) is 21.0 Å². The van der Waals surface area contributed by atoms with Gasteiger partial charge in [0.1, 0.15) is 6.61 Å². The first-order chi connectivity index (χ1) is 12.9. The highest BCUT2D eigenvalue weighted by Gasteiger charge is 2.20. The smallest absolute Gasteiger partial charge is 0.334 e. The lowest BCUT2D eigenvalue weighted by Crippen LogP contribution is -2.42. The molecule has 1 unspecified atom stereocenters. The van der Waals surface area contributed by atoms with Crippen molar-refractivity contribution in [2.24, 2.45) is 5.16 Å². The zero-order valence-electron chi connectivity index (χ0n) is 14.1. The third-order valence-electron chi connectivity index (χ3n) is 3.38. The summed E-state index contributed by atoms with van der Waals surface area (Å²) in [6.45, 7) is -0.00879. The number of oxime groups is 1. The molecule has 1 atom stereocenters. The third-order valence-corrected chi connectivity index (χ3v) is 4.33. The second kappa shape index (κ2) is 10.2. The van der Waals surface area contributed by atoms with Crippen molar-refractivity contribution in [1.82, 2.24) is 5.32 Å². The van der Waals surface area contributed by atoms with Gasteiger partial charge in [-0.3, -0.25) is 4.79 Å². The van der Waals surface area contributed by atoms with Gasteiger partial charge < -0.3 is 14.9 Å². The number of rotatable bonds is 7. The number of amides is 1. The van der Waals surface area contributed by atoms with E-state index in [0.29, 0.717) is 20.6 Å². The fourth-order valence-corrected chi connectivity index (χ4v) is 2.71. The Bertz CT molecular complexity index is 838. The predicted octanol–water partition coefficient (Wildman–Crippen LogP) is 4.12. The van der Waals surface area contributed by atoms with E-state index in [0.717, 1.165) is 6.21 Å². The average Bonchev–Trinajstić information content (AvgIpc) is 2.65. The summed E-state index contributed by atoms with van der Waals surface area (Å²) in [5.74, 6) is -1.23. The number of carbonyl (C=O) groups excluding carboxylic acids is 2. The molecular weight excluding hydrogens is 415 g/mol. The zero-order chi connectivity index (χ0) is 19.8. The molecular formula is C18H15Cl3N2O4. The summed E-state index contributed by atoms with van der Waals surface area (Å²) in [7, 11) is 1.19. The number of carbonyl (C=O) groups is 2. The summed E-state index contributed by atoms with van der Waals surface area (Å²) in [6.07, 6.45) is 1.11. The van der Waals surface area contributed by atoms with Gasteiger partial charge in [0.2, 0.25) is 0 Å². The number of benzene rings is 2. The largest absolute Gasteiger partial charge is 0.467 e. The maximum atomic E-state index is 12.3. The lowest BCUT2D eigenvalue weighted by Gasteiger charge is -2.12. The van der Waals surface area contributed by atoms with Crippen molar-refractivity contribution in [2.75, 3.05) is 7.11 Å². The number of nitrogens with zero attached hydrogens (tertiary/aromatic N) is 1. The Morgan fingerprint density at radius 3 is 2.44 bits per heavy atom. The molecule has 1 amide bonds. The molecule has 27 heavy (non-hydrogen) atoms. The van der Waals surface area contributed by atoms with Crippen LogP contribution in [-0.4, -0.2) is 31.2 Å². The SMILES string of the molecule is COC(=O)C(C=NOCc1c(Cl)cccc1Cl)NC(=O)c1cccc(Cl)c1. The van der Waals surface area contributed by atoms with E-state index in [9.17, 15) is 9.59 Å². The van der Waals surface area contributed by atoms with E-state index >= 15 is 0 Å². The minimum atomic E-state index is -1.15. The molecule has 0 aromatic heterocycles. The second-order valence-electron chi connectivity index (χ2n) is 5.21. The van der Waals surface area contributed by atoms with E-state index in [2.05, 4.69) is 15.2 Å². The number of nitrogens with one attached hydrogen (secondary N) is 1. The fraction of sp³-hybridized carbons (Fsp3) is 0.167. The molecule has 0 saturated carbocycles. The molecule has 2 rings (SSSR count). The van der Waals surface area contributed by atoms with Crippen LogP contribution >= 0.6 is 34.8 Å². The Labute approximate surface area is 171 Å². The first kappa shape index (κ1) is 21.0. The highest BCUT2D eigenvalue weighted by atomic mass is 35.5. The lowest BCUT2D eigenvalue weighted by molar-refractivity contribution is -0.140. The fourth-order valence-electron chi connectivity index (χ4n) is 2.01. The molecule has 0 fully saturated rings. The molecule has 0 aliphatic rings. The number of halogens is 3. The van der Waals surface area contributed by atoms with E-state index in [1.165, 1.54) is 13.2 Å². The van der Waals surface area contributed by atoms with Crippen molar-refractivity contribution < 1.29 is 19.2 Å². The van der Waals surface area contributed by atoms with Crippen LogP contribution in [0.3, 0.4) is 0 Å². The maximum Gasteiger partial charge on any atom is 0.334 e. The minimum Gasteiger partial charge on any atom is -0.467 e. The molecule has 142 valence electrons. The quantitative estimate of drug-likeness (QED) is 0.408. The molecule has 0 aliphatic heterocycles. The zero-order valence-corrected chi connectivity index (χ0v) is 16.4. The molecule has 0 spiro atoms. The van der Waals surface area contributed by atoms with Crippen molar-refractivity contribution in [3.05, 3.63) is 68.7 Å². The van der Waals surface area contributed by atoms with Gasteiger partial charge in [-0.05, 0) is 30.3 Å². The van der Waals surface area contributed by atoms with E-state index in [-0.39, 0.29) is 12.2 Å². The molecule has 2 aromatic rings. The van der Waals surface area contributed by atoms with Crippen LogP contribution in [0.4, 0.5) is 0 Å². The van der Waals surface area contributed by atoms with E-state index in [4.69, 9.17) is 39.6 Å². The van der Waals surface area contributed by atoms with Crippen molar-refractivity contribution >= 4 is 52.9 Å². The molecule has 9 heteroatoms. The van der Waals surface area contributed by atoms with Crippen LogP contribution in [0.25, 0.3) is 0 Å². The molecule has 0 bridgehead atoms. The topological polar surface area (TPSA) is 77.0 Å². The van der Waals surface area contributed by atoms with Gasteiger partial charge in [0.25, 0.3) is 5.91 Å². The highest BCUT2D eigenvalue weighted by Crippen LogP contribution is 2.24. The molecule has 1 N–H and O–H groups in total. The van der Waals surface area contributed by atoms with Crippen LogP contribution in [0, 0.1) is 0 Å². The van der Waals surface area contributed by atoms with Gasteiger partial charge >= 0.3 is 5.97 Å². The minimum absolute atomic E-state index is 0.00879. The predicted molar refractivity (Wildman–Crippen MR) is 104 cm³/mol. The number of esters is 1. The Morgan fingerprint density at radius 2 is 1.81 bits per heavy atom. The van der Waals surface area contributed by atoms with E-state index in [1.54, 1.807) is 36.4 Å². The average molecular weight is 430 g/mol. The first-order valence-electron chi connectivity index (χ1n) is 7.65. The third kappa shape index (κ3) is 6.13. The molecule has 0 radical (unpaired) electrons. The van der Waals surface area contributed by atoms with Crippen molar-refractivity contribution in [1.29, 1.82) is 0 Å². The summed E-state index contributed by atoms with van der Waals surface area (Å²) in [4.78, 5) is 29.3. The Hall–Kier alpha value is -2.28. The summed E-state index contributed by atoms with van der Waals surface area (Å²) >= 11 is 17.9. The number of methoxy groups -OCH3 is 1. The molecule has 0 heterocycles. The van der Waals surface area contributed by atoms with Crippen LogP contribution in [0.15, 0.2) is 47.6 Å². The summed E-state index contributed by atoms with van der Waals surface area (Å²) in [5, 5.41) is 7.43. The second-order valence-corrected chi connectivity index (χ2v) is 6.46. The first-order valence-corrected chi connectivity index (χ1v) is 8.78. The van der Waals surface area contributed by atoms with Crippen molar-refractivity contribution in [3.8, 4) is 0 Å². The molecule has 0 saturated heterocycles. The normalized spacial score (nSPS) is 11.9. The van der Waals surface area contributed by atoms with Gasteiger partial charge in [0.15, 0.2) is 6.04 Å². The molecule has 6 nitrogen and oxygen atoms in total. The Balaban J connectivity index is 2.02. The Kier molecular flexibility index (Phi) is 7.91. The standard InChI is InChI=1S/C18H15Cl3N2O4/c1-26-18(25)16(23-17(24)11-4-2-5-12(19)8-11)9-22-27-10-13-14(20)6-3-7-15(13)21/h2-9,16H,10H2,1H3,(H,23,24). The van der Waals surface area contributed by atoms with Crippen molar-refractivity contribution in [2.45, 2.75) is 12.6 Å². The van der Waals surface area contributed by atoms with E-state index in [1.807, 2.05) is 0 Å². The van der Waals surface area contributed by atoms with Gasteiger partial charge in [0, 0.05) is 26.2 Å². The van der Waals surface area contributed by atoms with Gasteiger partial charge in [-0.2, -0.15) is 0 Å². The van der Waals surface area contributed by atoms with Crippen LogP contribution in [0.2, 0.25) is 15.1 Å². The van der Waals surface area contributed by atoms with Gasteiger partial charge in [-0.1, -0.05) is 52.1 Å². The number of ether oxygens (including phenoxy) is 1. The van der Waals surface area contributed by atoms with Crippen LogP contribution in [0.1, 0.15) is 15.9 Å². The van der Waals surface area contributed by atoms with Gasteiger partial charge in [-0.25, -0.2) is 4.79 Å². The van der Waals surface area contributed by atoms with Crippen LogP contribution < -0.4 is 5.32 Å². The van der Waals surface area contributed by atoms with Gasteiger partial charge in [-0.15, -0.1) is 0 Å². The van der Waals surface area contributed by atoms with Crippen LogP contribution in [0.5, 0.6) is 0 Å².